The van der Waals surface area contributed by atoms with Gasteiger partial charge in [0.1, 0.15) is 0 Å². The maximum atomic E-state index is 11.5. The number of benzene rings is 2. The van der Waals surface area contributed by atoms with Crippen LogP contribution in [0.25, 0.3) is 0 Å². The summed E-state index contributed by atoms with van der Waals surface area (Å²) in [6.07, 6.45) is 1.36. The molecule has 1 saturated heterocycles. The van der Waals surface area contributed by atoms with Crippen molar-refractivity contribution in [2.24, 2.45) is 5.73 Å². The molecule has 2 aromatic rings. The minimum Gasteiger partial charge on any atom is -0.380 e. The summed E-state index contributed by atoms with van der Waals surface area (Å²) in [6, 6.07) is 16.0. The smallest absolute Gasteiger partial charge is 0.250 e. The Morgan fingerprint density at radius 1 is 1.33 bits per heavy atom. The third-order valence-corrected chi connectivity index (χ3v) is 5.58. The van der Waals surface area contributed by atoms with Gasteiger partial charge in [-0.05, 0) is 30.2 Å². The minimum absolute atomic E-state index is 0.150. The summed E-state index contributed by atoms with van der Waals surface area (Å²) >= 11 is 6.27. The van der Waals surface area contributed by atoms with Gasteiger partial charge in [-0.15, -0.1) is 0 Å². The number of carbonyl (C=O) groups is 1. The van der Waals surface area contributed by atoms with Crippen molar-refractivity contribution in [1.82, 2.24) is 4.90 Å². The van der Waals surface area contributed by atoms with Gasteiger partial charge in [-0.1, -0.05) is 41.9 Å². The lowest BCUT2D eigenvalue weighted by Gasteiger charge is -2.34. The summed E-state index contributed by atoms with van der Waals surface area (Å²) in [6.45, 7) is 2.85. The molecule has 2 aromatic carbocycles. The Kier molecular flexibility index (Phi) is 6.37. The van der Waals surface area contributed by atoms with Crippen LogP contribution in [0, 0.1) is 0 Å². The van der Waals surface area contributed by atoms with E-state index in [1.54, 1.807) is 19.2 Å². The Labute approximate surface area is 165 Å². The lowest BCUT2D eigenvalue weighted by Crippen LogP contribution is -2.36. The highest BCUT2D eigenvalue weighted by Gasteiger charge is 2.27. The Hall–Kier alpha value is -2.08. The number of nitrogens with two attached hydrogens (primary N) is 1. The van der Waals surface area contributed by atoms with E-state index in [1.165, 1.54) is 5.56 Å². The highest BCUT2D eigenvalue weighted by atomic mass is 35.5. The molecule has 1 heterocycles. The first kappa shape index (κ1) is 19.7. The van der Waals surface area contributed by atoms with Gasteiger partial charge in [-0.25, -0.2) is 0 Å². The monoisotopic (exact) mass is 387 g/mol. The van der Waals surface area contributed by atoms with Gasteiger partial charge in [-0.3, -0.25) is 9.69 Å². The van der Waals surface area contributed by atoms with Crippen molar-refractivity contribution >= 4 is 23.2 Å². The summed E-state index contributed by atoms with van der Waals surface area (Å²) in [5.41, 5.74) is 7.89. The molecule has 6 heteroatoms. The largest absolute Gasteiger partial charge is 0.380 e. The van der Waals surface area contributed by atoms with Crippen LogP contribution in [0.4, 0.5) is 5.69 Å². The number of hydrogen-bond donors (Lipinski definition) is 1. The zero-order chi connectivity index (χ0) is 19.4. The average molecular weight is 388 g/mol. The third kappa shape index (κ3) is 4.61. The molecule has 5 nitrogen and oxygen atoms in total. The minimum atomic E-state index is -0.517. The number of likely N-dealkylation sites (N-methyl/N-ethyl adjacent to an activating group) is 1. The lowest BCUT2D eigenvalue weighted by molar-refractivity contribution is 0.100. The first-order chi connectivity index (χ1) is 13.0. The zero-order valence-corrected chi connectivity index (χ0v) is 16.5. The number of amides is 1. The molecule has 0 radical (unpaired) electrons. The Morgan fingerprint density at radius 2 is 2.07 bits per heavy atom. The van der Waals surface area contributed by atoms with E-state index in [1.807, 2.05) is 12.1 Å². The highest BCUT2D eigenvalue weighted by molar-refractivity contribution is 6.34. The fourth-order valence-corrected chi connectivity index (χ4v) is 3.90. The van der Waals surface area contributed by atoms with Gasteiger partial charge in [0, 0.05) is 39.5 Å². The number of nitrogens with zero attached hydrogens (tertiary/aromatic N) is 2. The Balaban J connectivity index is 1.86. The fraction of sp³-hybridized carbons (Fsp3) is 0.381. The van der Waals surface area contributed by atoms with Gasteiger partial charge >= 0.3 is 0 Å². The van der Waals surface area contributed by atoms with Crippen molar-refractivity contribution in [3.05, 3.63) is 64.7 Å². The Morgan fingerprint density at radius 3 is 2.67 bits per heavy atom. The third-order valence-electron chi connectivity index (χ3n) is 5.27. The number of methoxy groups -OCH3 is 1. The molecule has 2 N–H and O–H groups in total. The van der Waals surface area contributed by atoms with Gasteiger partial charge in [0.15, 0.2) is 0 Å². The summed E-state index contributed by atoms with van der Waals surface area (Å²) in [7, 11) is 3.83. The molecule has 3 rings (SSSR count). The molecule has 0 bridgehead atoms. The van der Waals surface area contributed by atoms with E-state index in [4.69, 9.17) is 22.1 Å². The van der Waals surface area contributed by atoms with Crippen LogP contribution in [0.3, 0.4) is 0 Å². The number of primary amides is 1. The predicted octanol–water partition coefficient (Wildman–Crippen LogP) is 3.34. The number of ether oxygens (including phenoxy) is 1. The first-order valence-electron chi connectivity index (χ1n) is 9.12. The highest BCUT2D eigenvalue weighted by Crippen LogP contribution is 2.30. The van der Waals surface area contributed by atoms with E-state index in [0.717, 1.165) is 31.7 Å². The van der Waals surface area contributed by atoms with Crippen LogP contribution in [0.15, 0.2) is 48.5 Å². The van der Waals surface area contributed by atoms with Crippen molar-refractivity contribution < 1.29 is 9.53 Å². The molecule has 2 unspecified atom stereocenters. The van der Waals surface area contributed by atoms with E-state index >= 15 is 0 Å². The summed E-state index contributed by atoms with van der Waals surface area (Å²) in [4.78, 5) is 16.1. The van der Waals surface area contributed by atoms with Gasteiger partial charge < -0.3 is 15.4 Å². The van der Waals surface area contributed by atoms with Gasteiger partial charge in [0.05, 0.1) is 22.7 Å². The number of halogens is 1. The normalized spacial score (nSPS) is 18.4. The van der Waals surface area contributed by atoms with Crippen molar-refractivity contribution in [2.75, 3.05) is 38.7 Å². The molecule has 144 valence electrons. The first-order valence-corrected chi connectivity index (χ1v) is 9.49. The van der Waals surface area contributed by atoms with Crippen LogP contribution < -0.4 is 10.6 Å². The molecule has 0 aromatic heterocycles. The van der Waals surface area contributed by atoms with Gasteiger partial charge in [-0.2, -0.15) is 0 Å². The van der Waals surface area contributed by atoms with E-state index in [0.29, 0.717) is 16.7 Å². The van der Waals surface area contributed by atoms with E-state index in [9.17, 15) is 4.79 Å². The van der Waals surface area contributed by atoms with Crippen molar-refractivity contribution in [1.29, 1.82) is 0 Å². The summed E-state index contributed by atoms with van der Waals surface area (Å²) in [5.74, 6) is -0.517. The number of hydrogen-bond acceptors (Lipinski definition) is 4. The SMILES string of the molecule is COC1CCN(CC(c2ccccc2)N(C)c2ccc(C(N)=O)c(Cl)c2)C1. The average Bonchev–Trinajstić information content (AvgIpc) is 3.13. The molecular weight excluding hydrogens is 362 g/mol. The standard InChI is InChI=1S/C21H26ClN3O2/c1-24(16-8-9-18(21(23)26)19(22)12-16)20(15-6-4-3-5-7-15)14-25-11-10-17(13-25)27-2/h3-9,12,17,20H,10-11,13-14H2,1-2H3,(H2,23,26). The topological polar surface area (TPSA) is 58.8 Å². The van der Waals surface area contributed by atoms with E-state index in [-0.39, 0.29) is 6.04 Å². The number of likely N-dealkylation sites (tertiary alicyclic amines) is 1. The number of rotatable bonds is 7. The zero-order valence-electron chi connectivity index (χ0n) is 15.8. The van der Waals surface area contributed by atoms with Crippen molar-refractivity contribution in [3.8, 4) is 0 Å². The predicted molar refractivity (Wildman–Crippen MR) is 109 cm³/mol. The molecule has 1 fully saturated rings. The van der Waals surface area contributed by atoms with Crippen LogP contribution in [0.2, 0.25) is 5.02 Å². The Bertz CT molecular complexity index is 784. The van der Waals surface area contributed by atoms with Crippen LogP contribution >= 0.6 is 11.6 Å². The fourth-order valence-electron chi connectivity index (χ4n) is 3.63. The molecule has 1 aliphatic heterocycles. The molecule has 2 atom stereocenters. The van der Waals surface area contributed by atoms with Crippen LogP contribution in [-0.4, -0.2) is 50.7 Å². The molecule has 0 spiro atoms. The van der Waals surface area contributed by atoms with Crippen molar-refractivity contribution in [3.63, 3.8) is 0 Å². The second-order valence-corrected chi connectivity index (χ2v) is 7.38. The number of anilines is 1. The van der Waals surface area contributed by atoms with E-state index < -0.39 is 5.91 Å². The summed E-state index contributed by atoms with van der Waals surface area (Å²) < 4.78 is 5.51. The molecule has 0 saturated carbocycles. The second-order valence-electron chi connectivity index (χ2n) is 6.97. The van der Waals surface area contributed by atoms with E-state index in [2.05, 4.69) is 41.1 Å². The quantitative estimate of drug-likeness (QED) is 0.791. The van der Waals surface area contributed by atoms with Gasteiger partial charge in [0.2, 0.25) is 5.91 Å². The van der Waals surface area contributed by atoms with Crippen LogP contribution in [0.1, 0.15) is 28.4 Å². The lowest BCUT2D eigenvalue weighted by atomic mass is 10.0. The molecule has 0 aliphatic carbocycles. The van der Waals surface area contributed by atoms with Crippen molar-refractivity contribution in [2.45, 2.75) is 18.6 Å². The second kappa shape index (κ2) is 8.74. The molecular formula is C21H26ClN3O2. The number of carbonyl (C=O) groups excluding carboxylic acids is 1. The molecule has 27 heavy (non-hydrogen) atoms. The van der Waals surface area contributed by atoms with Gasteiger partial charge in [0.25, 0.3) is 0 Å². The maximum absolute atomic E-state index is 11.5. The molecule has 1 aliphatic rings. The van der Waals surface area contributed by atoms with Crippen LogP contribution in [0.5, 0.6) is 0 Å². The molecule has 1 amide bonds. The maximum Gasteiger partial charge on any atom is 0.250 e. The summed E-state index contributed by atoms with van der Waals surface area (Å²) in [5, 5.41) is 0.374. The van der Waals surface area contributed by atoms with Crippen LogP contribution in [-0.2, 0) is 4.74 Å².